The molecule has 0 amide bonds. The molecular weight excluding hydrogens is 410 g/mol. The molecule has 1 N–H and O–H groups in total. The van der Waals surface area contributed by atoms with Gasteiger partial charge in [-0.15, -0.1) is 5.10 Å². The van der Waals surface area contributed by atoms with Crippen LogP contribution >= 0.6 is 11.8 Å². The predicted octanol–water partition coefficient (Wildman–Crippen LogP) is 1.59. The Hall–Kier alpha value is -2.44. The number of hydrogen-bond acceptors (Lipinski definition) is 8. The third-order valence-electron chi connectivity index (χ3n) is 3.50. The van der Waals surface area contributed by atoms with Gasteiger partial charge in [0.2, 0.25) is 5.16 Å². The van der Waals surface area contributed by atoms with Gasteiger partial charge in [0.1, 0.15) is 4.90 Å². The van der Waals surface area contributed by atoms with Crippen LogP contribution in [0.15, 0.2) is 63.5 Å². The van der Waals surface area contributed by atoms with E-state index < -0.39 is 19.9 Å². The zero-order chi connectivity index (χ0) is 19.7. The molecule has 1 aromatic heterocycles. The van der Waals surface area contributed by atoms with E-state index in [2.05, 4.69) is 20.2 Å². The number of aromatic nitrogens is 4. The first-order chi connectivity index (χ1) is 12.7. The van der Waals surface area contributed by atoms with Gasteiger partial charge >= 0.3 is 0 Å². The molecule has 0 unspecified atom stereocenters. The molecular formula is C15H15N5O4S3. The van der Waals surface area contributed by atoms with Crippen molar-refractivity contribution in [1.82, 2.24) is 20.2 Å². The largest absolute Gasteiger partial charge is 0.280 e. The summed E-state index contributed by atoms with van der Waals surface area (Å²) in [4.78, 5) is -0.580. The molecule has 0 saturated heterocycles. The molecule has 9 nitrogen and oxygen atoms in total. The normalized spacial score (nSPS) is 12.1. The lowest BCUT2D eigenvalue weighted by molar-refractivity contribution is 0.588. The van der Waals surface area contributed by atoms with E-state index in [1.165, 1.54) is 40.7 Å². The highest BCUT2D eigenvalue weighted by Gasteiger charge is 2.23. The number of rotatable bonds is 6. The molecule has 0 aliphatic heterocycles. The Balaban J connectivity index is 2.00. The van der Waals surface area contributed by atoms with Gasteiger partial charge in [0.05, 0.1) is 16.3 Å². The molecule has 0 radical (unpaired) electrons. The molecule has 0 fully saturated rings. The van der Waals surface area contributed by atoms with Crippen molar-refractivity contribution in [3.8, 4) is 5.69 Å². The van der Waals surface area contributed by atoms with E-state index in [-0.39, 0.29) is 15.5 Å². The fourth-order valence-corrected chi connectivity index (χ4v) is 5.47. The highest BCUT2D eigenvalue weighted by atomic mass is 32.2. The van der Waals surface area contributed by atoms with Crippen LogP contribution in [0, 0.1) is 0 Å². The van der Waals surface area contributed by atoms with Gasteiger partial charge in [0, 0.05) is 6.26 Å². The van der Waals surface area contributed by atoms with Crippen LogP contribution in [0.1, 0.15) is 0 Å². The van der Waals surface area contributed by atoms with Crippen LogP contribution < -0.4 is 4.72 Å². The first-order valence-corrected chi connectivity index (χ1v) is 12.1. The van der Waals surface area contributed by atoms with Gasteiger partial charge in [-0.2, -0.15) is 4.68 Å². The third kappa shape index (κ3) is 4.12. The topological polar surface area (TPSA) is 124 Å². The highest BCUT2D eigenvalue weighted by Crippen LogP contribution is 2.25. The zero-order valence-electron chi connectivity index (χ0n) is 14.3. The molecule has 0 aliphatic carbocycles. The molecule has 27 heavy (non-hydrogen) atoms. The fraction of sp³-hybridized carbons (Fsp3) is 0.133. The Morgan fingerprint density at radius 2 is 1.70 bits per heavy atom. The van der Waals surface area contributed by atoms with Crippen molar-refractivity contribution in [2.24, 2.45) is 0 Å². The Morgan fingerprint density at radius 1 is 1.00 bits per heavy atom. The van der Waals surface area contributed by atoms with E-state index in [4.69, 9.17) is 0 Å². The number of nitrogens with zero attached hydrogens (tertiary/aromatic N) is 4. The van der Waals surface area contributed by atoms with Gasteiger partial charge in [-0.25, -0.2) is 16.8 Å². The number of sulfonamides is 1. The zero-order valence-corrected chi connectivity index (χ0v) is 16.7. The molecule has 1 heterocycles. The van der Waals surface area contributed by atoms with E-state index in [1.54, 1.807) is 24.3 Å². The maximum Gasteiger partial charge on any atom is 0.263 e. The van der Waals surface area contributed by atoms with Crippen molar-refractivity contribution < 1.29 is 16.8 Å². The lowest BCUT2D eigenvalue weighted by Gasteiger charge is -2.12. The second kappa shape index (κ2) is 7.29. The van der Waals surface area contributed by atoms with Crippen LogP contribution in [0.25, 0.3) is 5.69 Å². The molecule has 142 valence electrons. The van der Waals surface area contributed by atoms with Gasteiger partial charge in [0.15, 0.2) is 9.84 Å². The van der Waals surface area contributed by atoms with E-state index >= 15 is 0 Å². The SMILES string of the molecule is CSc1nnnn1-c1cccc(NS(=O)(=O)c2ccccc2S(C)(=O)=O)c1. The maximum absolute atomic E-state index is 12.8. The van der Waals surface area contributed by atoms with E-state index in [0.29, 0.717) is 10.8 Å². The molecule has 3 rings (SSSR count). The number of nitrogens with one attached hydrogen (secondary N) is 1. The summed E-state index contributed by atoms with van der Waals surface area (Å²) in [6.07, 6.45) is 2.78. The molecule has 0 bridgehead atoms. The molecule has 3 aromatic rings. The van der Waals surface area contributed by atoms with E-state index in [0.717, 1.165) is 6.26 Å². The van der Waals surface area contributed by atoms with Crippen LogP contribution in [0.5, 0.6) is 0 Å². The Labute approximate surface area is 160 Å². The summed E-state index contributed by atoms with van der Waals surface area (Å²) in [6.45, 7) is 0. The molecule has 0 saturated carbocycles. The first kappa shape index (κ1) is 19.3. The monoisotopic (exact) mass is 425 g/mol. The van der Waals surface area contributed by atoms with E-state index in [9.17, 15) is 16.8 Å². The molecule has 12 heteroatoms. The van der Waals surface area contributed by atoms with Gasteiger partial charge in [-0.1, -0.05) is 30.0 Å². The molecule has 0 aliphatic rings. The quantitative estimate of drug-likeness (QED) is 0.591. The van der Waals surface area contributed by atoms with Gasteiger partial charge < -0.3 is 0 Å². The Bertz CT molecular complexity index is 1190. The lowest BCUT2D eigenvalue weighted by Crippen LogP contribution is -2.16. The minimum atomic E-state index is -4.12. The summed E-state index contributed by atoms with van der Waals surface area (Å²) in [5.41, 5.74) is 0.805. The fourth-order valence-electron chi connectivity index (χ4n) is 2.36. The standard InChI is InChI=1S/C15H15N5O4S3/c1-25-15-16-18-19-20(15)12-7-5-6-11(10-12)17-27(23,24)14-9-4-3-8-13(14)26(2,21)22/h3-10,17H,1-2H3. The van der Waals surface area contributed by atoms with Gasteiger partial charge in [0.25, 0.3) is 10.0 Å². The maximum atomic E-state index is 12.8. The summed E-state index contributed by atoms with van der Waals surface area (Å²) < 4.78 is 53.2. The Morgan fingerprint density at radius 3 is 2.37 bits per heavy atom. The lowest BCUT2D eigenvalue weighted by atomic mass is 10.3. The second-order valence-corrected chi connectivity index (χ2v) is 9.86. The molecule has 2 aromatic carbocycles. The summed E-state index contributed by atoms with van der Waals surface area (Å²) in [5.74, 6) is 0. The summed E-state index contributed by atoms with van der Waals surface area (Å²) in [7, 11) is -7.84. The number of benzene rings is 2. The van der Waals surface area contributed by atoms with Crippen LogP contribution in [0.2, 0.25) is 0 Å². The third-order valence-corrected chi connectivity index (χ3v) is 6.85. The van der Waals surface area contributed by atoms with Gasteiger partial charge in [-0.05, 0) is 47.0 Å². The minimum absolute atomic E-state index is 0.248. The molecule has 0 atom stereocenters. The summed E-state index contributed by atoms with van der Waals surface area (Å²) >= 11 is 1.34. The second-order valence-electron chi connectivity index (χ2n) is 5.45. The number of thioether (sulfide) groups is 1. The Kier molecular flexibility index (Phi) is 5.22. The summed E-state index contributed by atoms with van der Waals surface area (Å²) in [5, 5.41) is 11.9. The minimum Gasteiger partial charge on any atom is -0.280 e. The number of hydrogen-bond donors (Lipinski definition) is 1. The summed E-state index contributed by atoms with van der Waals surface area (Å²) in [6, 6.07) is 11.9. The van der Waals surface area contributed by atoms with Crippen LogP contribution in [0.3, 0.4) is 0 Å². The van der Waals surface area contributed by atoms with Crippen LogP contribution in [0.4, 0.5) is 5.69 Å². The van der Waals surface area contributed by atoms with Crippen molar-refractivity contribution in [2.75, 3.05) is 17.2 Å². The number of anilines is 1. The average molecular weight is 426 g/mol. The van der Waals surface area contributed by atoms with Crippen LogP contribution in [-0.4, -0.2) is 49.6 Å². The van der Waals surface area contributed by atoms with Crippen molar-refractivity contribution in [3.05, 3.63) is 48.5 Å². The number of sulfone groups is 1. The predicted molar refractivity (Wildman–Crippen MR) is 101 cm³/mol. The average Bonchev–Trinajstić information content (AvgIpc) is 3.10. The van der Waals surface area contributed by atoms with Crippen molar-refractivity contribution in [3.63, 3.8) is 0 Å². The smallest absolute Gasteiger partial charge is 0.263 e. The highest BCUT2D eigenvalue weighted by molar-refractivity contribution is 7.98. The van der Waals surface area contributed by atoms with Gasteiger partial charge in [-0.3, -0.25) is 4.72 Å². The number of tetrazole rings is 1. The van der Waals surface area contributed by atoms with Crippen molar-refractivity contribution >= 4 is 37.3 Å². The first-order valence-electron chi connectivity index (χ1n) is 7.47. The van der Waals surface area contributed by atoms with Crippen molar-refractivity contribution in [1.29, 1.82) is 0 Å². The van der Waals surface area contributed by atoms with E-state index in [1.807, 2.05) is 6.26 Å². The van der Waals surface area contributed by atoms with Crippen molar-refractivity contribution in [2.45, 2.75) is 14.9 Å². The molecule has 0 spiro atoms. The van der Waals surface area contributed by atoms with Crippen LogP contribution in [-0.2, 0) is 19.9 Å².